The van der Waals surface area contributed by atoms with Crippen molar-refractivity contribution in [3.63, 3.8) is 0 Å². The molecular formula is C12H24N2O4S. The Morgan fingerprint density at radius 1 is 1.37 bits per heavy atom. The van der Waals surface area contributed by atoms with Crippen LogP contribution in [0.4, 0.5) is 0 Å². The van der Waals surface area contributed by atoms with Crippen LogP contribution in [0.2, 0.25) is 0 Å². The molecule has 19 heavy (non-hydrogen) atoms. The minimum absolute atomic E-state index is 0.209. The lowest BCUT2D eigenvalue weighted by atomic mass is 9.95. The van der Waals surface area contributed by atoms with Crippen LogP contribution in [0, 0.1) is 5.92 Å². The van der Waals surface area contributed by atoms with E-state index in [9.17, 15) is 13.2 Å². The number of carbonyl (C=O) groups excluding carboxylic acids is 1. The number of esters is 1. The van der Waals surface area contributed by atoms with Gasteiger partial charge in [-0.1, -0.05) is 0 Å². The highest BCUT2D eigenvalue weighted by Gasteiger charge is 2.29. The molecule has 0 amide bonds. The SMILES string of the molecule is CCOC(=O)CS(=O)(=O)N1CCC(CCNC)CC1. The van der Waals surface area contributed by atoms with E-state index in [-0.39, 0.29) is 6.61 Å². The summed E-state index contributed by atoms with van der Waals surface area (Å²) in [5, 5.41) is 3.10. The first-order chi connectivity index (χ1) is 8.99. The van der Waals surface area contributed by atoms with E-state index in [1.807, 2.05) is 7.05 Å². The lowest BCUT2D eigenvalue weighted by molar-refractivity contribution is -0.140. The van der Waals surface area contributed by atoms with Crippen LogP contribution in [-0.4, -0.2) is 57.7 Å². The summed E-state index contributed by atoms with van der Waals surface area (Å²) >= 11 is 0. The Bertz CT molecular complexity index is 375. The Labute approximate surface area is 115 Å². The van der Waals surface area contributed by atoms with Crippen LogP contribution in [-0.2, 0) is 19.6 Å². The number of nitrogens with one attached hydrogen (secondary N) is 1. The van der Waals surface area contributed by atoms with E-state index in [1.54, 1.807) is 6.92 Å². The molecule has 0 unspecified atom stereocenters. The first kappa shape index (κ1) is 16.4. The molecule has 0 atom stereocenters. The zero-order valence-corrected chi connectivity index (χ0v) is 12.5. The molecule has 1 rings (SSSR count). The van der Waals surface area contributed by atoms with Gasteiger partial charge >= 0.3 is 5.97 Å². The number of rotatable bonds is 7. The van der Waals surface area contributed by atoms with Crippen molar-refractivity contribution < 1.29 is 17.9 Å². The number of sulfonamides is 1. The van der Waals surface area contributed by atoms with Gasteiger partial charge in [-0.05, 0) is 45.7 Å². The first-order valence-corrected chi connectivity index (χ1v) is 8.38. The fourth-order valence-corrected chi connectivity index (χ4v) is 3.60. The van der Waals surface area contributed by atoms with Gasteiger partial charge in [-0.15, -0.1) is 0 Å². The molecule has 112 valence electrons. The molecule has 6 nitrogen and oxygen atoms in total. The molecule has 0 spiro atoms. The number of piperidine rings is 1. The van der Waals surface area contributed by atoms with Crippen LogP contribution >= 0.6 is 0 Å². The fraction of sp³-hybridized carbons (Fsp3) is 0.917. The highest BCUT2D eigenvalue weighted by Crippen LogP contribution is 2.22. The molecule has 0 aliphatic carbocycles. The molecule has 0 bridgehead atoms. The molecule has 1 N–H and O–H groups in total. The molecule has 0 aromatic heterocycles. The lowest BCUT2D eigenvalue weighted by Crippen LogP contribution is -2.41. The van der Waals surface area contributed by atoms with Gasteiger partial charge in [-0.25, -0.2) is 12.7 Å². The third kappa shape index (κ3) is 5.46. The van der Waals surface area contributed by atoms with Crippen molar-refractivity contribution in [3.05, 3.63) is 0 Å². The Hall–Kier alpha value is -0.660. The minimum atomic E-state index is -3.51. The largest absolute Gasteiger partial charge is 0.465 e. The maximum Gasteiger partial charge on any atom is 0.322 e. The molecule has 0 aromatic carbocycles. The first-order valence-electron chi connectivity index (χ1n) is 6.77. The van der Waals surface area contributed by atoms with Gasteiger partial charge in [0.05, 0.1) is 6.61 Å². The molecule has 1 aliphatic rings. The van der Waals surface area contributed by atoms with Crippen molar-refractivity contribution in [2.24, 2.45) is 5.92 Å². The predicted octanol–water partition coefficient (Wildman–Crippen LogP) is 0.201. The van der Waals surface area contributed by atoms with Crippen molar-refractivity contribution >= 4 is 16.0 Å². The summed E-state index contributed by atoms with van der Waals surface area (Å²) in [5.41, 5.74) is 0. The summed E-state index contributed by atoms with van der Waals surface area (Å²) in [6.45, 7) is 3.85. The summed E-state index contributed by atoms with van der Waals surface area (Å²) in [6.07, 6.45) is 2.80. The van der Waals surface area contributed by atoms with Crippen LogP contribution in [0.1, 0.15) is 26.2 Å². The van der Waals surface area contributed by atoms with Gasteiger partial charge in [0.25, 0.3) is 0 Å². The Kier molecular flexibility index (Phi) is 6.74. The summed E-state index contributed by atoms with van der Waals surface area (Å²) in [6, 6.07) is 0. The summed E-state index contributed by atoms with van der Waals surface area (Å²) in [4.78, 5) is 11.3. The zero-order valence-electron chi connectivity index (χ0n) is 11.7. The number of ether oxygens (including phenoxy) is 1. The van der Waals surface area contributed by atoms with Crippen molar-refractivity contribution in [1.82, 2.24) is 9.62 Å². The van der Waals surface area contributed by atoms with E-state index in [2.05, 4.69) is 10.1 Å². The quantitative estimate of drug-likeness (QED) is 0.679. The maximum absolute atomic E-state index is 12.0. The summed E-state index contributed by atoms with van der Waals surface area (Å²) < 4.78 is 30.1. The van der Waals surface area contributed by atoms with Crippen LogP contribution in [0.3, 0.4) is 0 Å². The molecule has 1 saturated heterocycles. The van der Waals surface area contributed by atoms with E-state index in [0.29, 0.717) is 19.0 Å². The van der Waals surface area contributed by atoms with Gasteiger partial charge < -0.3 is 10.1 Å². The predicted molar refractivity (Wildman–Crippen MR) is 73.3 cm³/mol. The maximum atomic E-state index is 12.0. The zero-order chi connectivity index (χ0) is 14.3. The van der Waals surface area contributed by atoms with Gasteiger partial charge in [-0.2, -0.15) is 0 Å². The van der Waals surface area contributed by atoms with Crippen LogP contribution in [0.5, 0.6) is 0 Å². The molecule has 1 heterocycles. The second kappa shape index (κ2) is 7.81. The van der Waals surface area contributed by atoms with Gasteiger partial charge in [0.1, 0.15) is 0 Å². The third-order valence-electron chi connectivity index (χ3n) is 3.38. The Morgan fingerprint density at radius 3 is 2.53 bits per heavy atom. The van der Waals surface area contributed by atoms with E-state index < -0.39 is 21.7 Å². The second-order valence-electron chi connectivity index (χ2n) is 4.80. The monoisotopic (exact) mass is 292 g/mol. The Balaban J connectivity index is 2.43. The number of carbonyl (C=O) groups is 1. The topological polar surface area (TPSA) is 75.7 Å². The molecule has 7 heteroatoms. The number of hydrogen-bond acceptors (Lipinski definition) is 5. The average molecular weight is 292 g/mol. The molecular weight excluding hydrogens is 268 g/mol. The molecule has 1 fully saturated rings. The van der Waals surface area contributed by atoms with Crippen LogP contribution in [0.25, 0.3) is 0 Å². The fourth-order valence-electron chi connectivity index (χ4n) is 2.27. The van der Waals surface area contributed by atoms with Gasteiger partial charge in [0.15, 0.2) is 5.75 Å². The van der Waals surface area contributed by atoms with E-state index in [0.717, 1.165) is 25.8 Å². The third-order valence-corrected chi connectivity index (χ3v) is 5.13. The number of nitrogens with zero attached hydrogens (tertiary/aromatic N) is 1. The van der Waals surface area contributed by atoms with Crippen molar-refractivity contribution in [2.45, 2.75) is 26.2 Å². The summed E-state index contributed by atoms with van der Waals surface area (Å²) in [5.74, 6) is -0.636. The lowest BCUT2D eigenvalue weighted by Gasteiger charge is -2.30. The van der Waals surface area contributed by atoms with Gasteiger partial charge in [-0.3, -0.25) is 4.79 Å². The standard InChI is InChI=1S/C12H24N2O4S/c1-3-18-12(15)10-19(16,17)14-8-5-11(6-9-14)4-7-13-2/h11,13H,3-10H2,1-2H3. The highest BCUT2D eigenvalue weighted by atomic mass is 32.2. The van der Waals surface area contributed by atoms with Crippen LogP contribution in [0.15, 0.2) is 0 Å². The minimum Gasteiger partial charge on any atom is -0.465 e. The number of hydrogen-bond donors (Lipinski definition) is 1. The van der Waals surface area contributed by atoms with E-state index in [4.69, 9.17) is 0 Å². The smallest absolute Gasteiger partial charge is 0.322 e. The average Bonchev–Trinajstić information content (AvgIpc) is 2.36. The van der Waals surface area contributed by atoms with Gasteiger partial charge in [0, 0.05) is 13.1 Å². The molecule has 0 radical (unpaired) electrons. The Morgan fingerprint density at radius 2 is 2.00 bits per heavy atom. The highest BCUT2D eigenvalue weighted by molar-refractivity contribution is 7.89. The van der Waals surface area contributed by atoms with Crippen molar-refractivity contribution in [1.29, 1.82) is 0 Å². The van der Waals surface area contributed by atoms with E-state index in [1.165, 1.54) is 4.31 Å². The van der Waals surface area contributed by atoms with Crippen LogP contribution < -0.4 is 5.32 Å². The summed E-state index contributed by atoms with van der Waals surface area (Å²) in [7, 11) is -1.59. The molecule has 0 aromatic rings. The van der Waals surface area contributed by atoms with Crippen molar-refractivity contribution in [3.8, 4) is 0 Å². The van der Waals surface area contributed by atoms with E-state index >= 15 is 0 Å². The van der Waals surface area contributed by atoms with Gasteiger partial charge in [0.2, 0.25) is 10.0 Å². The molecule has 0 saturated carbocycles. The molecule has 1 aliphatic heterocycles. The second-order valence-corrected chi connectivity index (χ2v) is 6.76. The van der Waals surface area contributed by atoms with Crippen molar-refractivity contribution in [2.75, 3.05) is 39.0 Å². The normalized spacial score (nSPS) is 18.4.